The van der Waals surface area contributed by atoms with E-state index in [1.165, 1.54) is 0 Å². The van der Waals surface area contributed by atoms with E-state index in [4.69, 9.17) is 0 Å². The van der Waals surface area contributed by atoms with Crippen molar-refractivity contribution in [3.63, 3.8) is 0 Å². The molecule has 0 aromatic carbocycles. The third-order valence-corrected chi connectivity index (χ3v) is 5.92. The highest BCUT2D eigenvalue weighted by molar-refractivity contribution is 7.82. The second kappa shape index (κ2) is 6.06. The first kappa shape index (κ1) is 15.9. The maximum Gasteiger partial charge on any atom is 0.180 e. The minimum Gasteiger partial charge on any atom is -0.768 e. The zero-order chi connectivity index (χ0) is 17.6. The van der Waals surface area contributed by atoms with E-state index in [2.05, 4.69) is 20.4 Å². The lowest BCUT2D eigenvalue weighted by Gasteiger charge is -2.05. The predicted octanol–water partition coefficient (Wildman–Crippen LogP) is 2.48. The Labute approximate surface area is 149 Å². The van der Waals surface area contributed by atoms with E-state index < -0.39 is 11.1 Å². The fraction of sp³-hybridized carbons (Fsp3) is 0.133. The van der Waals surface area contributed by atoms with Crippen molar-refractivity contribution in [3.8, 4) is 11.3 Å². The van der Waals surface area contributed by atoms with Gasteiger partial charge in [-0.15, -0.1) is 11.3 Å². The van der Waals surface area contributed by atoms with Crippen LogP contribution >= 0.6 is 11.3 Å². The molecule has 0 fully saturated rings. The number of imidazole rings is 1. The van der Waals surface area contributed by atoms with Crippen LogP contribution in [0, 0.1) is 6.92 Å². The summed E-state index contributed by atoms with van der Waals surface area (Å²) >= 11 is -1.08. The standard InChI is InChI=1S/C15H14N6O2S2/c1-9-5-12(24-15(9)25(22)23)19-13-14-17-7-11(21(14)4-3-16-13)10-6-18-20(2)8-10/h3-8H,1-2H3,(H,16,19)(H,22,23)/p-1. The third-order valence-electron chi connectivity index (χ3n) is 3.69. The molecule has 4 aromatic heterocycles. The van der Waals surface area contributed by atoms with Gasteiger partial charge in [-0.2, -0.15) is 5.10 Å². The van der Waals surface area contributed by atoms with Gasteiger partial charge in [-0.3, -0.25) is 13.3 Å². The smallest absolute Gasteiger partial charge is 0.180 e. The molecule has 4 aromatic rings. The Balaban J connectivity index is 1.75. The van der Waals surface area contributed by atoms with E-state index in [1.807, 2.05) is 23.8 Å². The molecule has 0 aliphatic heterocycles. The number of rotatable bonds is 4. The summed E-state index contributed by atoms with van der Waals surface area (Å²) in [6.07, 6.45) is 8.94. The summed E-state index contributed by atoms with van der Waals surface area (Å²) in [5.41, 5.74) is 3.20. The van der Waals surface area contributed by atoms with Gasteiger partial charge in [0.1, 0.15) is 0 Å². The molecule has 8 nitrogen and oxygen atoms in total. The fourth-order valence-corrected chi connectivity index (χ4v) is 4.25. The number of fused-ring (bicyclic) bond motifs is 1. The molecule has 0 amide bonds. The van der Waals surface area contributed by atoms with E-state index in [9.17, 15) is 8.76 Å². The van der Waals surface area contributed by atoms with Crippen LogP contribution < -0.4 is 5.32 Å². The quantitative estimate of drug-likeness (QED) is 0.552. The minimum absolute atomic E-state index is 0.314. The molecule has 1 N–H and O–H groups in total. The largest absolute Gasteiger partial charge is 0.768 e. The van der Waals surface area contributed by atoms with Gasteiger partial charge in [0.05, 0.1) is 27.3 Å². The summed E-state index contributed by atoms with van der Waals surface area (Å²) in [4.78, 5) is 8.78. The Morgan fingerprint density at radius 2 is 2.16 bits per heavy atom. The average molecular weight is 373 g/mol. The van der Waals surface area contributed by atoms with Crippen molar-refractivity contribution in [1.82, 2.24) is 24.1 Å². The van der Waals surface area contributed by atoms with E-state index in [-0.39, 0.29) is 0 Å². The van der Waals surface area contributed by atoms with Crippen LogP contribution in [-0.4, -0.2) is 32.9 Å². The van der Waals surface area contributed by atoms with Gasteiger partial charge in [0.2, 0.25) is 0 Å². The van der Waals surface area contributed by atoms with Crippen LogP contribution in [0.15, 0.2) is 41.3 Å². The molecule has 25 heavy (non-hydrogen) atoms. The Bertz CT molecular complexity index is 1100. The Morgan fingerprint density at radius 3 is 2.84 bits per heavy atom. The maximum atomic E-state index is 11.2. The molecule has 0 aliphatic rings. The topological polar surface area (TPSA) is 100 Å². The Hall–Kier alpha value is -2.56. The first-order valence-electron chi connectivity index (χ1n) is 7.31. The van der Waals surface area contributed by atoms with E-state index in [0.29, 0.717) is 26.2 Å². The van der Waals surface area contributed by atoms with Gasteiger partial charge in [-0.05, 0) is 29.6 Å². The van der Waals surface area contributed by atoms with Crippen LogP contribution in [0.2, 0.25) is 0 Å². The van der Waals surface area contributed by atoms with Crippen LogP contribution in [0.1, 0.15) is 5.56 Å². The van der Waals surface area contributed by atoms with Crippen molar-refractivity contribution in [2.45, 2.75) is 11.1 Å². The molecule has 4 rings (SSSR count). The molecule has 4 heterocycles. The van der Waals surface area contributed by atoms with E-state index >= 15 is 0 Å². The molecular formula is C15H13N6O2S2-. The van der Waals surface area contributed by atoms with Crippen molar-refractivity contribution in [2.75, 3.05) is 5.32 Å². The number of aromatic nitrogens is 5. The summed E-state index contributed by atoms with van der Waals surface area (Å²) in [7, 11) is 1.86. The number of nitrogens with zero attached hydrogens (tertiary/aromatic N) is 5. The van der Waals surface area contributed by atoms with Gasteiger partial charge >= 0.3 is 0 Å². The molecule has 0 radical (unpaired) electrons. The normalized spacial score (nSPS) is 12.6. The highest BCUT2D eigenvalue weighted by atomic mass is 32.2. The second-order valence-corrected chi connectivity index (χ2v) is 7.64. The number of thiophene rings is 1. The molecule has 0 saturated carbocycles. The zero-order valence-corrected chi connectivity index (χ0v) is 15.0. The number of aryl methyl sites for hydroxylation is 2. The van der Waals surface area contributed by atoms with Gasteiger partial charge < -0.3 is 9.87 Å². The molecule has 1 atom stereocenters. The average Bonchev–Trinajstić information content (AvgIpc) is 3.26. The number of nitrogens with one attached hydrogen (secondary N) is 1. The lowest BCUT2D eigenvalue weighted by atomic mass is 10.3. The van der Waals surface area contributed by atoms with Crippen LogP contribution in [-0.2, 0) is 18.1 Å². The summed E-state index contributed by atoms with van der Waals surface area (Å²) < 4.78 is 26.4. The monoisotopic (exact) mass is 373 g/mol. The Morgan fingerprint density at radius 1 is 1.32 bits per heavy atom. The summed E-state index contributed by atoms with van der Waals surface area (Å²) in [6, 6.07) is 1.78. The predicted molar refractivity (Wildman–Crippen MR) is 94.7 cm³/mol. The summed E-state index contributed by atoms with van der Waals surface area (Å²) in [5.74, 6) is 0.558. The van der Waals surface area contributed by atoms with Gasteiger partial charge in [-0.1, -0.05) is 0 Å². The highest BCUT2D eigenvalue weighted by Crippen LogP contribution is 2.32. The molecule has 10 heteroatoms. The van der Waals surface area contributed by atoms with Gasteiger partial charge in [0, 0.05) is 31.2 Å². The van der Waals surface area contributed by atoms with Gasteiger partial charge in [0.25, 0.3) is 0 Å². The molecular weight excluding hydrogens is 360 g/mol. The number of anilines is 2. The first-order chi connectivity index (χ1) is 12.0. The minimum atomic E-state index is -2.25. The van der Waals surface area contributed by atoms with E-state index in [0.717, 1.165) is 22.6 Å². The molecule has 1 unspecified atom stereocenters. The van der Waals surface area contributed by atoms with Crippen molar-refractivity contribution in [1.29, 1.82) is 0 Å². The first-order valence-corrected chi connectivity index (χ1v) is 9.20. The van der Waals surface area contributed by atoms with Crippen LogP contribution in [0.3, 0.4) is 0 Å². The van der Waals surface area contributed by atoms with Gasteiger partial charge in [0.15, 0.2) is 11.5 Å². The fourth-order valence-electron chi connectivity index (χ4n) is 2.58. The molecule has 0 bridgehead atoms. The van der Waals surface area contributed by atoms with Crippen LogP contribution in [0.25, 0.3) is 16.9 Å². The van der Waals surface area contributed by atoms with Crippen molar-refractivity contribution < 1.29 is 8.76 Å². The lowest BCUT2D eigenvalue weighted by Crippen LogP contribution is -1.97. The molecule has 128 valence electrons. The third kappa shape index (κ3) is 2.84. The van der Waals surface area contributed by atoms with Crippen LogP contribution in [0.4, 0.5) is 10.8 Å². The number of hydrogen-bond acceptors (Lipinski definition) is 7. The molecule has 0 aliphatic carbocycles. The van der Waals surface area contributed by atoms with Crippen molar-refractivity contribution in [3.05, 3.63) is 42.6 Å². The van der Waals surface area contributed by atoms with Gasteiger partial charge in [-0.25, -0.2) is 9.97 Å². The maximum absolute atomic E-state index is 11.2. The number of hydrogen-bond donors (Lipinski definition) is 1. The van der Waals surface area contributed by atoms with Crippen molar-refractivity contribution in [2.24, 2.45) is 7.05 Å². The van der Waals surface area contributed by atoms with Crippen molar-refractivity contribution >= 4 is 38.9 Å². The summed E-state index contributed by atoms with van der Waals surface area (Å²) in [6.45, 7) is 1.76. The molecule has 0 spiro atoms. The lowest BCUT2D eigenvalue weighted by molar-refractivity contribution is 0.538. The SMILES string of the molecule is Cc1cc(Nc2nccn3c(-c4cnn(C)c4)cnc23)sc1S(=O)[O-]. The highest BCUT2D eigenvalue weighted by Gasteiger charge is 2.13. The zero-order valence-electron chi connectivity index (χ0n) is 13.3. The Kier molecular flexibility index (Phi) is 3.86. The second-order valence-electron chi connectivity index (χ2n) is 5.46. The van der Waals surface area contributed by atoms with E-state index in [1.54, 1.807) is 36.3 Å². The molecule has 0 saturated heterocycles. The summed E-state index contributed by atoms with van der Waals surface area (Å²) in [5, 5.41) is 8.05. The van der Waals surface area contributed by atoms with Crippen LogP contribution in [0.5, 0.6) is 0 Å².